The first-order chi connectivity index (χ1) is 12.7. The molecule has 0 bridgehead atoms. The van der Waals surface area contributed by atoms with E-state index in [-0.39, 0.29) is 11.3 Å². The van der Waals surface area contributed by atoms with Gasteiger partial charge in [-0.25, -0.2) is 0 Å². The number of hydrogen-bond acceptors (Lipinski definition) is 5. The first-order valence-electron chi connectivity index (χ1n) is 8.28. The largest absolute Gasteiger partial charge is 0.493 e. The van der Waals surface area contributed by atoms with Gasteiger partial charge in [0, 0.05) is 6.54 Å². The summed E-state index contributed by atoms with van der Waals surface area (Å²) in [7, 11) is 3.23. The fourth-order valence-corrected chi connectivity index (χ4v) is 4.20. The fraction of sp³-hybridized carbons (Fsp3) is 0.300. The Morgan fingerprint density at radius 2 is 1.88 bits per heavy atom. The summed E-state index contributed by atoms with van der Waals surface area (Å²) in [5, 5.41) is 8.94. The third kappa shape index (κ3) is 3.78. The van der Waals surface area contributed by atoms with Crippen LogP contribution in [0.25, 0.3) is 0 Å². The van der Waals surface area contributed by atoms with Crippen molar-refractivity contribution in [1.29, 1.82) is 5.26 Å². The lowest BCUT2D eigenvalue weighted by Crippen LogP contribution is -2.30. The van der Waals surface area contributed by atoms with Gasteiger partial charge in [-0.3, -0.25) is 4.79 Å². The van der Waals surface area contributed by atoms with Crippen LogP contribution in [0.3, 0.4) is 0 Å². The van der Waals surface area contributed by atoms with Gasteiger partial charge in [-0.1, -0.05) is 18.2 Å². The molecule has 0 saturated carbocycles. The molecule has 6 heteroatoms. The second-order valence-corrected chi connectivity index (χ2v) is 6.99. The van der Waals surface area contributed by atoms with E-state index in [1.807, 2.05) is 35.2 Å². The van der Waals surface area contributed by atoms with Crippen molar-refractivity contribution in [3.8, 4) is 17.6 Å². The normalized spacial score (nSPS) is 16.4. The van der Waals surface area contributed by atoms with E-state index in [1.54, 1.807) is 38.1 Å². The van der Waals surface area contributed by atoms with Gasteiger partial charge >= 0.3 is 0 Å². The first-order valence-corrected chi connectivity index (χ1v) is 9.33. The molecule has 2 aromatic rings. The molecule has 1 heterocycles. The Kier molecular flexibility index (Phi) is 5.69. The fourth-order valence-electron chi connectivity index (χ4n) is 2.98. The van der Waals surface area contributed by atoms with E-state index >= 15 is 0 Å². The maximum Gasteiger partial charge on any atom is 0.233 e. The Bertz CT molecular complexity index is 830. The van der Waals surface area contributed by atoms with E-state index in [4.69, 9.17) is 14.7 Å². The molecule has 26 heavy (non-hydrogen) atoms. The third-order valence-corrected chi connectivity index (χ3v) is 5.64. The van der Waals surface area contributed by atoms with E-state index in [2.05, 4.69) is 6.07 Å². The minimum absolute atomic E-state index is 0.00427. The third-order valence-electron chi connectivity index (χ3n) is 4.38. The standard InChI is InChI=1S/C20H20N2O3S/c1-24-17-8-5-14(11-18(17)25-2)9-10-22-19(23)13-26-20(22)16-6-3-15(12-21)4-7-16/h3-8,11,20H,9-10,13H2,1-2H3. The summed E-state index contributed by atoms with van der Waals surface area (Å²) >= 11 is 1.62. The molecule has 2 aromatic carbocycles. The lowest BCUT2D eigenvalue weighted by atomic mass is 10.1. The number of nitriles is 1. The number of ether oxygens (including phenoxy) is 2. The smallest absolute Gasteiger partial charge is 0.233 e. The highest BCUT2D eigenvalue weighted by molar-refractivity contribution is 8.00. The average Bonchev–Trinajstić information content (AvgIpc) is 3.06. The molecule has 134 valence electrons. The molecule has 1 unspecified atom stereocenters. The Balaban J connectivity index is 1.72. The number of hydrogen-bond donors (Lipinski definition) is 0. The average molecular weight is 368 g/mol. The van der Waals surface area contributed by atoms with E-state index in [9.17, 15) is 4.79 Å². The molecule has 1 fully saturated rings. The predicted octanol–water partition coefficient (Wildman–Crippen LogP) is 3.39. The van der Waals surface area contributed by atoms with Crippen molar-refractivity contribution in [1.82, 2.24) is 4.90 Å². The highest BCUT2D eigenvalue weighted by Gasteiger charge is 2.32. The van der Waals surface area contributed by atoms with Gasteiger partial charge in [0.05, 0.1) is 31.6 Å². The number of amides is 1. The lowest BCUT2D eigenvalue weighted by Gasteiger charge is -2.24. The van der Waals surface area contributed by atoms with Crippen LogP contribution in [-0.4, -0.2) is 37.3 Å². The summed E-state index contributed by atoms with van der Waals surface area (Å²) in [6, 6.07) is 15.4. The van der Waals surface area contributed by atoms with E-state index in [1.165, 1.54) is 0 Å². The van der Waals surface area contributed by atoms with E-state index in [0.717, 1.165) is 17.5 Å². The van der Waals surface area contributed by atoms with Crippen LogP contribution in [0.2, 0.25) is 0 Å². The Morgan fingerprint density at radius 1 is 1.15 bits per heavy atom. The van der Waals surface area contributed by atoms with Gasteiger partial charge < -0.3 is 14.4 Å². The highest BCUT2D eigenvalue weighted by atomic mass is 32.2. The number of carbonyl (C=O) groups is 1. The van der Waals surface area contributed by atoms with E-state index < -0.39 is 0 Å². The van der Waals surface area contributed by atoms with Crippen molar-refractivity contribution >= 4 is 17.7 Å². The number of rotatable bonds is 6. The van der Waals surface area contributed by atoms with Crippen LogP contribution in [0.1, 0.15) is 22.1 Å². The summed E-state index contributed by atoms with van der Waals surface area (Å²) < 4.78 is 10.6. The Labute approximate surface area is 157 Å². The number of methoxy groups -OCH3 is 2. The zero-order chi connectivity index (χ0) is 18.5. The van der Waals surface area contributed by atoms with Crippen LogP contribution in [0.5, 0.6) is 11.5 Å². The van der Waals surface area contributed by atoms with Crippen molar-refractivity contribution in [2.45, 2.75) is 11.8 Å². The maximum atomic E-state index is 12.3. The minimum atomic E-state index is -0.00427. The molecule has 0 radical (unpaired) electrons. The zero-order valence-electron chi connectivity index (χ0n) is 14.8. The first kappa shape index (κ1) is 18.2. The van der Waals surface area contributed by atoms with Crippen LogP contribution in [-0.2, 0) is 11.2 Å². The topological polar surface area (TPSA) is 62.6 Å². The number of thioether (sulfide) groups is 1. The van der Waals surface area contributed by atoms with Gasteiger partial charge in [-0.15, -0.1) is 11.8 Å². The molecular weight excluding hydrogens is 348 g/mol. The molecular formula is C20H20N2O3S. The van der Waals surface area contributed by atoms with Crippen molar-refractivity contribution < 1.29 is 14.3 Å². The van der Waals surface area contributed by atoms with E-state index in [0.29, 0.717) is 29.4 Å². The Hall–Kier alpha value is -2.65. The molecule has 0 spiro atoms. The van der Waals surface area contributed by atoms with Crippen LogP contribution < -0.4 is 9.47 Å². The van der Waals surface area contributed by atoms with Crippen molar-refractivity contribution in [2.75, 3.05) is 26.5 Å². The molecule has 0 aromatic heterocycles. The van der Waals surface area contributed by atoms with Gasteiger partial charge in [-0.05, 0) is 41.8 Å². The molecule has 0 N–H and O–H groups in total. The second kappa shape index (κ2) is 8.15. The van der Waals surface area contributed by atoms with Crippen LogP contribution >= 0.6 is 11.8 Å². The van der Waals surface area contributed by atoms with Crippen molar-refractivity contribution in [3.05, 3.63) is 59.2 Å². The summed E-state index contributed by atoms with van der Waals surface area (Å²) in [5.74, 6) is 2.01. The summed E-state index contributed by atoms with van der Waals surface area (Å²) in [6.07, 6.45) is 0.736. The maximum absolute atomic E-state index is 12.3. The van der Waals surface area contributed by atoms with Gasteiger partial charge in [0.25, 0.3) is 0 Å². The summed E-state index contributed by atoms with van der Waals surface area (Å²) in [5.41, 5.74) is 2.76. The SMILES string of the molecule is COc1ccc(CCN2C(=O)CSC2c2ccc(C#N)cc2)cc1OC. The zero-order valence-corrected chi connectivity index (χ0v) is 15.6. The molecule has 0 aliphatic carbocycles. The number of nitrogens with zero attached hydrogens (tertiary/aromatic N) is 2. The van der Waals surface area contributed by atoms with Gasteiger partial charge in [-0.2, -0.15) is 5.26 Å². The highest BCUT2D eigenvalue weighted by Crippen LogP contribution is 2.38. The van der Waals surface area contributed by atoms with Crippen molar-refractivity contribution in [3.63, 3.8) is 0 Å². The summed E-state index contributed by atoms with van der Waals surface area (Å²) in [6.45, 7) is 0.631. The van der Waals surface area contributed by atoms with Gasteiger partial charge in [0.2, 0.25) is 5.91 Å². The molecule has 1 amide bonds. The number of carbonyl (C=O) groups excluding carboxylic acids is 1. The number of benzene rings is 2. The molecule has 3 rings (SSSR count). The minimum Gasteiger partial charge on any atom is -0.493 e. The Morgan fingerprint density at radius 3 is 2.54 bits per heavy atom. The monoisotopic (exact) mass is 368 g/mol. The predicted molar refractivity (Wildman–Crippen MR) is 101 cm³/mol. The molecule has 5 nitrogen and oxygen atoms in total. The van der Waals surface area contributed by atoms with Crippen LogP contribution in [0, 0.1) is 11.3 Å². The molecule has 1 aliphatic heterocycles. The molecule has 1 aliphatic rings. The van der Waals surface area contributed by atoms with Crippen LogP contribution in [0.4, 0.5) is 0 Å². The van der Waals surface area contributed by atoms with Crippen LogP contribution in [0.15, 0.2) is 42.5 Å². The van der Waals surface area contributed by atoms with Gasteiger partial charge in [0.15, 0.2) is 11.5 Å². The van der Waals surface area contributed by atoms with Crippen molar-refractivity contribution in [2.24, 2.45) is 0 Å². The second-order valence-electron chi connectivity index (χ2n) is 5.92. The van der Waals surface area contributed by atoms with Gasteiger partial charge in [0.1, 0.15) is 5.37 Å². The lowest BCUT2D eigenvalue weighted by molar-refractivity contribution is -0.128. The molecule has 1 atom stereocenters. The quantitative estimate of drug-likeness (QED) is 0.782. The summed E-state index contributed by atoms with van der Waals surface area (Å²) in [4.78, 5) is 14.2. The molecule has 1 saturated heterocycles.